The first kappa shape index (κ1) is 21.1. The molecular weight excluding hydrogens is 408 g/mol. The average Bonchev–Trinajstić information content (AvgIpc) is 3.22. The van der Waals surface area contributed by atoms with Crippen LogP contribution in [0.5, 0.6) is 5.75 Å². The first-order chi connectivity index (χ1) is 14.8. The quantitative estimate of drug-likeness (QED) is 0.446. The zero-order chi connectivity index (χ0) is 22.2. The van der Waals surface area contributed by atoms with E-state index in [4.69, 9.17) is 4.74 Å². The lowest BCUT2D eigenvalue weighted by molar-refractivity contribution is 0.340. The van der Waals surface area contributed by atoms with E-state index in [1.165, 1.54) is 21.5 Å². The number of aromatic nitrogens is 2. The van der Waals surface area contributed by atoms with Crippen molar-refractivity contribution in [3.05, 3.63) is 91.9 Å². The van der Waals surface area contributed by atoms with Crippen LogP contribution in [0, 0.1) is 0 Å². The largest absolute Gasteiger partial charge is 0.494 e. The van der Waals surface area contributed by atoms with E-state index in [0.717, 1.165) is 5.56 Å². The molecule has 0 atom stereocenters. The van der Waals surface area contributed by atoms with Gasteiger partial charge in [-0.2, -0.15) is 0 Å². The number of thiophene rings is 1. The van der Waals surface area contributed by atoms with Gasteiger partial charge in [0.2, 0.25) is 0 Å². The first-order valence-corrected chi connectivity index (χ1v) is 11.2. The molecule has 31 heavy (non-hydrogen) atoms. The summed E-state index contributed by atoms with van der Waals surface area (Å²) >= 11 is 1.36. The summed E-state index contributed by atoms with van der Waals surface area (Å²) in [5.41, 5.74) is 2.88. The molecule has 0 amide bonds. The smallest absolute Gasteiger partial charge is 0.336 e. The van der Waals surface area contributed by atoms with Gasteiger partial charge in [0.15, 0.2) is 0 Å². The highest BCUT2D eigenvalue weighted by Gasteiger charge is 2.17. The molecule has 0 spiro atoms. The Hall–Kier alpha value is -3.12. The molecular formula is C25H26N2O3S. The van der Waals surface area contributed by atoms with Gasteiger partial charge >= 0.3 is 5.69 Å². The molecule has 0 saturated heterocycles. The van der Waals surface area contributed by atoms with Crippen LogP contribution in [0.4, 0.5) is 0 Å². The zero-order valence-corrected chi connectivity index (χ0v) is 19.0. The Balaban J connectivity index is 1.82. The van der Waals surface area contributed by atoms with Gasteiger partial charge in [0.25, 0.3) is 5.56 Å². The fourth-order valence-electron chi connectivity index (χ4n) is 3.62. The highest BCUT2D eigenvalue weighted by atomic mass is 32.1. The van der Waals surface area contributed by atoms with Crippen molar-refractivity contribution in [3.8, 4) is 11.4 Å². The molecule has 2 aromatic heterocycles. The molecule has 2 aromatic carbocycles. The molecule has 0 N–H and O–H groups in total. The molecule has 0 bridgehead atoms. The molecule has 6 heteroatoms. The van der Waals surface area contributed by atoms with Gasteiger partial charge in [-0.15, -0.1) is 11.3 Å². The number of benzene rings is 2. The molecule has 2 heterocycles. The highest BCUT2D eigenvalue weighted by Crippen LogP contribution is 2.23. The Labute approximate surface area is 185 Å². The SMILES string of the molecule is CCOc1ccc(-n2c(=O)c3sccc3n(Cc3ccc(C(C)(C)C)cc3)c2=O)cc1. The highest BCUT2D eigenvalue weighted by molar-refractivity contribution is 7.17. The van der Waals surface area contributed by atoms with Crippen molar-refractivity contribution < 1.29 is 4.74 Å². The van der Waals surface area contributed by atoms with E-state index in [1.54, 1.807) is 28.8 Å². The van der Waals surface area contributed by atoms with Gasteiger partial charge in [0.1, 0.15) is 10.4 Å². The Morgan fingerprint density at radius 3 is 2.23 bits per heavy atom. The van der Waals surface area contributed by atoms with Crippen molar-refractivity contribution in [3.63, 3.8) is 0 Å². The molecule has 4 aromatic rings. The standard InChI is InChI=1S/C25H26N2O3S/c1-5-30-20-12-10-19(11-13-20)27-23(28)22-21(14-15-31-22)26(24(27)29)16-17-6-8-18(9-7-17)25(2,3)4/h6-15H,5,16H2,1-4H3. The molecule has 0 fully saturated rings. The van der Waals surface area contributed by atoms with Gasteiger partial charge in [-0.3, -0.25) is 9.36 Å². The van der Waals surface area contributed by atoms with Gasteiger partial charge in [-0.05, 0) is 59.2 Å². The minimum atomic E-state index is -0.347. The minimum absolute atomic E-state index is 0.0663. The van der Waals surface area contributed by atoms with Gasteiger partial charge in [0.05, 0.1) is 24.4 Å². The Bertz CT molecular complexity index is 1320. The van der Waals surface area contributed by atoms with Crippen LogP contribution in [-0.2, 0) is 12.0 Å². The van der Waals surface area contributed by atoms with Crippen molar-refractivity contribution >= 4 is 21.6 Å². The van der Waals surface area contributed by atoms with Crippen LogP contribution in [0.1, 0.15) is 38.8 Å². The maximum absolute atomic E-state index is 13.4. The van der Waals surface area contributed by atoms with E-state index in [-0.39, 0.29) is 16.7 Å². The monoisotopic (exact) mass is 434 g/mol. The van der Waals surface area contributed by atoms with Crippen molar-refractivity contribution in [2.45, 2.75) is 39.7 Å². The van der Waals surface area contributed by atoms with E-state index in [2.05, 4.69) is 45.0 Å². The van der Waals surface area contributed by atoms with Crippen molar-refractivity contribution in [1.29, 1.82) is 0 Å². The summed E-state index contributed by atoms with van der Waals surface area (Å²) in [7, 11) is 0. The molecule has 160 valence electrons. The predicted molar refractivity (Wildman–Crippen MR) is 127 cm³/mol. The predicted octanol–water partition coefficient (Wildman–Crippen LogP) is 4.96. The summed E-state index contributed by atoms with van der Waals surface area (Å²) in [6.45, 7) is 9.39. The number of hydrogen-bond donors (Lipinski definition) is 0. The fraction of sp³-hybridized carbons (Fsp3) is 0.280. The van der Waals surface area contributed by atoms with E-state index < -0.39 is 0 Å². The molecule has 0 aliphatic carbocycles. The normalized spacial score (nSPS) is 11.7. The Kier molecular flexibility index (Phi) is 5.58. The first-order valence-electron chi connectivity index (χ1n) is 10.4. The third-order valence-corrected chi connectivity index (χ3v) is 6.21. The summed E-state index contributed by atoms with van der Waals surface area (Å²) in [4.78, 5) is 26.6. The summed E-state index contributed by atoms with van der Waals surface area (Å²) < 4.78 is 8.98. The zero-order valence-electron chi connectivity index (χ0n) is 18.2. The van der Waals surface area contributed by atoms with Crippen LogP contribution in [-0.4, -0.2) is 15.7 Å². The van der Waals surface area contributed by atoms with E-state index >= 15 is 0 Å². The van der Waals surface area contributed by atoms with E-state index in [0.29, 0.717) is 34.8 Å². The number of rotatable bonds is 5. The molecule has 0 unspecified atom stereocenters. The maximum Gasteiger partial charge on any atom is 0.336 e. The van der Waals surface area contributed by atoms with Crippen molar-refractivity contribution in [2.24, 2.45) is 0 Å². The van der Waals surface area contributed by atoms with Crippen molar-refractivity contribution in [1.82, 2.24) is 9.13 Å². The second-order valence-electron chi connectivity index (χ2n) is 8.52. The average molecular weight is 435 g/mol. The fourth-order valence-corrected chi connectivity index (χ4v) is 4.44. The summed E-state index contributed by atoms with van der Waals surface area (Å²) in [5, 5.41) is 1.85. The third kappa shape index (κ3) is 4.08. The van der Waals surface area contributed by atoms with Gasteiger partial charge in [-0.1, -0.05) is 45.0 Å². The lowest BCUT2D eigenvalue weighted by atomic mass is 9.87. The maximum atomic E-state index is 13.4. The molecule has 0 saturated carbocycles. The van der Waals surface area contributed by atoms with Crippen LogP contribution in [0.3, 0.4) is 0 Å². The third-order valence-electron chi connectivity index (χ3n) is 5.32. The minimum Gasteiger partial charge on any atom is -0.494 e. The number of nitrogens with zero attached hydrogens (tertiary/aromatic N) is 2. The molecule has 4 rings (SSSR count). The van der Waals surface area contributed by atoms with Crippen LogP contribution in [0.2, 0.25) is 0 Å². The summed E-state index contributed by atoms with van der Waals surface area (Å²) in [6, 6.07) is 17.2. The molecule has 0 radical (unpaired) electrons. The summed E-state index contributed by atoms with van der Waals surface area (Å²) in [5.74, 6) is 0.704. The number of fused-ring (bicyclic) bond motifs is 1. The van der Waals surface area contributed by atoms with Gasteiger partial charge < -0.3 is 4.74 Å². The van der Waals surface area contributed by atoms with Crippen LogP contribution in [0.25, 0.3) is 15.9 Å². The summed E-state index contributed by atoms with van der Waals surface area (Å²) in [6.07, 6.45) is 0. The second-order valence-corrected chi connectivity index (χ2v) is 9.43. The van der Waals surface area contributed by atoms with Crippen molar-refractivity contribution in [2.75, 3.05) is 6.61 Å². The van der Waals surface area contributed by atoms with Crippen LogP contribution < -0.4 is 16.0 Å². The molecule has 5 nitrogen and oxygen atoms in total. The lowest BCUT2D eigenvalue weighted by Gasteiger charge is -2.19. The molecule has 0 aliphatic heterocycles. The van der Waals surface area contributed by atoms with Gasteiger partial charge in [-0.25, -0.2) is 9.36 Å². The second kappa shape index (κ2) is 8.19. The Morgan fingerprint density at radius 2 is 1.61 bits per heavy atom. The van der Waals surface area contributed by atoms with E-state index in [1.807, 2.05) is 18.4 Å². The number of ether oxygens (including phenoxy) is 1. The molecule has 0 aliphatic rings. The number of hydrogen-bond acceptors (Lipinski definition) is 4. The lowest BCUT2D eigenvalue weighted by Crippen LogP contribution is -2.38. The van der Waals surface area contributed by atoms with E-state index in [9.17, 15) is 9.59 Å². The van der Waals surface area contributed by atoms with Gasteiger partial charge in [0, 0.05) is 0 Å². The van der Waals surface area contributed by atoms with Crippen LogP contribution >= 0.6 is 11.3 Å². The Morgan fingerprint density at radius 1 is 0.935 bits per heavy atom. The van der Waals surface area contributed by atoms with Crippen LogP contribution in [0.15, 0.2) is 69.6 Å². The topological polar surface area (TPSA) is 53.2 Å².